The first-order chi connectivity index (χ1) is 12.3. The lowest BCUT2D eigenvalue weighted by molar-refractivity contribution is -0.120. The topological polar surface area (TPSA) is 80.7 Å². The first-order valence-corrected chi connectivity index (χ1v) is 8.32. The van der Waals surface area contributed by atoms with Crippen molar-refractivity contribution in [2.24, 2.45) is 0 Å². The van der Waals surface area contributed by atoms with E-state index in [1.807, 2.05) is 42.6 Å². The molecule has 25 heavy (non-hydrogen) atoms. The molecule has 1 aromatic heterocycles. The number of hydrogen-bond acceptors (Lipinski definition) is 3. The molecule has 0 radical (unpaired) electrons. The lowest BCUT2D eigenvalue weighted by Gasteiger charge is -2.08. The first-order valence-electron chi connectivity index (χ1n) is 8.32. The predicted molar refractivity (Wildman–Crippen MR) is 99.3 cm³/mol. The van der Waals surface area contributed by atoms with Gasteiger partial charge in [-0.2, -0.15) is 5.26 Å². The van der Waals surface area contributed by atoms with E-state index >= 15 is 0 Å². The van der Waals surface area contributed by atoms with Crippen LogP contribution >= 0.6 is 0 Å². The third-order valence-corrected chi connectivity index (χ3v) is 4.11. The number of H-pyrrole nitrogens is 1. The van der Waals surface area contributed by atoms with Gasteiger partial charge in [-0.1, -0.05) is 30.3 Å². The molecular weight excluding hydrogens is 312 g/mol. The molecule has 0 saturated heterocycles. The Hall–Kier alpha value is -3.26. The lowest BCUT2D eigenvalue weighted by atomic mass is 10.1. The van der Waals surface area contributed by atoms with Gasteiger partial charge in [0.2, 0.25) is 5.91 Å². The van der Waals surface area contributed by atoms with Gasteiger partial charge < -0.3 is 15.6 Å². The molecule has 0 fully saturated rings. The lowest BCUT2D eigenvalue weighted by Crippen LogP contribution is -2.27. The van der Waals surface area contributed by atoms with E-state index in [2.05, 4.69) is 27.8 Å². The quantitative estimate of drug-likeness (QED) is 0.621. The van der Waals surface area contributed by atoms with Gasteiger partial charge >= 0.3 is 0 Å². The van der Waals surface area contributed by atoms with Gasteiger partial charge in [0.25, 0.3) is 0 Å². The molecule has 0 atom stereocenters. The Kier molecular flexibility index (Phi) is 5.32. The number of fused-ring (bicyclic) bond motifs is 1. The molecule has 1 heterocycles. The summed E-state index contributed by atoms with van der Waals surface area (Å²) in [7, 11) is 0. The highest BCUT2D eigenvalue weighted by Gasteiger charge is 2.05. The second kappa shape index (κ2) is 8.02. The highest BCUT2D eigenvalue weighted by molar-refractivity contribution is 5.83. The fourth-order valence-corrected chi connectivity index (χ4v) is 2.81. The summed E-state index contributed by atoms with van der Waals surface area (Å²) in [5.74, 6) is 0.00165. The molecule has 1 amide bonds. The zero-order valence-corrected chi connectivity index (χ0v) is 13.9. The normalized spacial score (nSPS) is 10.4. The largest absolute Gasteiger partial charge is 0.383 e. The second-order valence-electron chi connectivity index (χ2n) is 5.79. The average Bonchev–Trinajstić information content (AvgIpc) is 3.05. The smallest absolute Gasteiger partial charge is 0.221 e. The number of hydrogen-bond donors (Lipinski definition) is 3. The Labute approximate surface area is 146 Å². The van der Waals surface area contributed by atoms with Gasteiger partial charge in [-0.05, 0) is 30.2 Å². The maximum absolute atomic E-state index is 12.0. The number of para-hydroxylation sites is 2. The van der Waals surface area contributed by atoms with Crippen molar-refractivity contribution in [2.75, 3.05) is 18.4 Å². The molecule has 0 spiro atoms. The van der Waals surface area contributed by atoms with Gasteiger partial charge in [0, 0.05) is 36.6 Å². The highest BCUT2D eigenvalue weighted by atomic mass is 16.1. The van der Waals surface area contributed by atoms with Crippen LogP contribution in [-0.4, -0.2) is 24.0 Å². The van der Waals surface area contributed by atoms with Gasteiger partial charge in [0.15, 0.2) is 0 Å². The monoisotopic (exact) mass is 332 g/mol. The number of amides is 1. The van der Waals surface area contributed by atoms with Crippen LogP contribution in [0.1, 0.15) is 17.5 Å². The molecule has 5 heteroatoms. The molecule has 5 nitrogen and oxygen atoms in total. The molecular formula is C20H20N4O. The minimum absolute atomic E-state index is 0.00165. The number of aromatic nitrogens is 1. The van der Waals surface area contributed by atoms with Crippen molar-refractivity contribution in [1.29, 1.82) is 5.26 Å². The Morgan fingerprint density at radius 3 is 2.76 bits per heavy atom. The average molecular weight is 332 g/mol. The number of nitrogens with zero attached hydrogens (tertiary/aromatic N) is 1. The summed E-state index contributed by atoms with van der Waals surface area (Å²) in [4.78, 5) is 15.2. The van der Waals surface area contributed by atoms with E-state index in [1.54, 1.807) is 6.07 Å². The van der Waals surface area contributed by atoms with Gasteiger partial charge in [0.1, 0.15) is 6.07 Å². The van der Waals surface area contributed by atoms with E-state index in [0.29, 0.717) is 25.1 Å². The van der Waals surface area contributed by atoms with E-state index < -0.39 is 0 Å². The summed E-state index contributed by atoms with van der Waals surface area (Å²) in [5, 5.41) is 16.3. The number of carbonyl (C=O) groups excluding carboxylic acids is 1. The third kappa shape index (κ3) is 4.18. The van der Waals surface area contributed by atoms with Crippen molar-refractivity contribution in [3.05, 3.63) is 65.9 Å². The Morgan fingerprint density at radius 2 is 1.88 bits per heavy atom. The van der Waals surface area contributed by atoms with Crippen LogP contribution in [0.2, 0.25) is 0 Å². The van der Waals surface area contributed by atoms with Gasteiger partial charge in [-0.25, -0.2) is 0 Å². The van der Waals surface area contributed by atoms with Crippen molar-refractivity contribution in [1.82, 2.24) is 10.3 Å². The minimum Gasteiger partial charge on any atom is -0.383 e. The number of carbonyl (C=O) groups is 1. The molecule has 0 aliphatic carbocycles. The van der Waals surface area contributed by atoms with Crippen LogP contribution < -0.4 is 10.6 Å². The standard InChI is InChI=1S/C20H20N4O/c21-13-15-5-1-3-7-18(15)22-12-10-20(25)23-11-9-16-14-24-19-8-4-2-6-17(16)19/h1-8,14,22,24H,9-12H2,(H,23,25). The molecule has 0 aliphatic heterocycles. The van der Waals surface area contributed by atoms with Crippen molar-refractivity contribution in [2.45, 2.75) is 12.8 Å². The van der Waals surface area contributed by atoms with Crippen molar-refractivity contribution in [3.8, 4) is 6.07 Å². The fourth-order valence-electron chi connectivity index (χ4n) is 2.81. The summed E-state index contributed by atoms with van der Waals surface area (Å²) in [6.45, 7) is 1.10. The number of nitriles is 1. The van der Waals surface area contributed by atoms with E-state index in [9.17, 15) is 4.79 Å². The summed E-state index contributed by atoms with van der Waals surface area (Å²) in [6.07, 6.45) is 3.16. The van der Waals surface area contributed by atoms with Crippen molar-refractivity contribution >= 4 is 22.5 Å². The number of aromatic amines is 1. The van der Waals surface area contributed by atoms with E-state index in [0.717, 1.165) is 17.6 Å². The van der Waals surface area contributed by atoms with Crippen LogP contribution in [0.25, 0.3) is 10.9 Å². The summed E-state index contributed by atoms with van der Waals surface area (Å²) < 4.78 is 0. The zero-order valence-electron chi connectivity index (χ0n) is 13.9. The molecule has 3 rings (SSSR count). The second-order valence-corrected chi connectivity index (χ2v) is 5.79. The fraction of sp³-hybridized carbons (Fsp3) is 0.200. The maximum Gasteiger partial charge on any atom is 0.221 e. The van der Waals surface area contributed by atoms with Crippen LogP contribution in [0.3, 0.4) is 0 Å². The highest BCUT2D eigenvalue weighted by Crippen LogP contribution is 2.17. The maximum atomic E-state index is 12.0. The Morgan fingerprint density at radius 1 is 1.08 bits per heavy atom. The van der Waals surface area contributed by atoms with Crippen LogP contribution in [-0.2, 0) is 11.2 Å². The van der Waals surface area contributed by atoms with E-state index in [1.165, 1.54) is 10.9 Å². The molecule has 0 saturated carbocycles. The Bertz CT molecular complexity index is 907. The summed E-state index contributed by atoms with van der Waals surface area (Å²) >= 11 is 0. The van der Waals surface area contributed by atoms with Crippen molar-refractivity contribution < 1.29 is 4.79 Å². The van der Waals surface area contributed by atoms with Gasteiger partial charge in [-0.15, -0.1) is 0 Å². The first kappa shape index (κ1) is 16.6. The number of benzene rings is 2. The van der Waals surface area contributed by atoms with Crippen LogP contribution in [0, 0.1) is 11.3 Å². The molecule has 2 aromatic carbocycles. The molecule has 126 valence electrons. The molecule has 3 N–H and O–H groups in total. The Balaban J connectivity index is 1.42. The van der Waals surface area contributed by atoms with Crippen LogP contribution in [0.15, 0.2) is 54.7 Å². The summed E-state index contributed by atoms with van der Waals surface area (Å²) in [5.41, 5.74) is 3.67. The summed E-state index contributed by atoms with van der Waals surface area (Å²) in [6, 6.07) is 17.6. The molecule has 3 aromatic rings. The predicted octanol–water partition coefficient (Wildman–Crippen LogP) is 3.20. The number of nitrogens with one attached hydrogen (secondary N) is 3. The van der Waals surface area contributed by atoms with Crippen LogP contribution in [0.5, 0.6) is 0 Å². The number of anilines is 1. The third-order valence-electron chi connectivity index (χ3n) is 4.11. The minimum atomic E-state index is 0.00165. The SMILES string of the molecule is N#Cc1ccccc1NCCC(=O)NCCc1c[nH]c2ccccc12. The van der Waals surface area contributed by atoms with Crippen molar-refractivity contribution in [3.63, 3.8) is 0 Å². The van der Waals surface area contributed by atoms with Gasteiger partial charge in [-0.3, -0.25) is 4.79 Å². The molecule has 0 aliphatic rings. The van der Waals surface area contributed by atoms with Gasteiger partial charge in [0.05, 0.1) is 11.3 Å². The van der Waals surface area contributed by atoms with E-state index in [4.69, 9.17) is 5.26 Å². The number of rotatable bonds is 7. The molecule has 0 unspecified atom stereocenters. The zero-order chi connectivity index (χ0) is 17.5. The van der Waals surface area contributed by atoms with Crippen LogP contribution in [0.4, 0.5) is 5.69 Å². The van der Waals surface area contributed by atoms with E-state index in [-0.39, 0.29) is 5.91 Å². The molecule has 0 bridgehead atoms.